The summed E-state index contributed by atoms with van der Waals surface area (Å²) in [5.41, 5.74) is 0.462. The first-order chi connectivity index (χ1) is 8.50. The van der Waals surface area contributed by atoms with Gasteiger partial charge in [-0.1, -0.05) is 34.8 Å². The molecule has 1 saturated heterocycles. The highest BCUT2D eigenvalue weighted by Gasteiger charge is 2.24. The van der Waals surface area contributed by atoms with Gasteiger partial charge in [-0.05, 0) is 25.1 Å². The molecule has 0 unspecified atom stereocenters. The Morgan fingerprint density at radius 1 is 1.32 bits per heavy atom. The molecule has 1 amide bonds. The summed E-state index contributed by atoms with van der Waals surface area (Å²) >= 11 is 17.7. The van der Waals surface area contributed by atoms with Crippen LogP contribution in [0.5, 0.6) is 0 Å². The van der Waals surface area contributed by atoms with Crippen LogP contribution in [0.3, 0.4) is 0 Å². The zero-order valence-corrected chi connectivity index (χ0v) is 13.3. The van der Waals surface area contributed by atoms with Crippen molar-refractivity contribution in [3.8, 4) is 0 Å². The molecular formula is C12H14Cl4N2O. The van der Waals surface area contributed by atoms with E-state index in [2.05, 4.69) is 5.32 Å². The maximum absolute atomic E-state index is 12.3. The van der Waals surface area contributed by atoms with E-state index in [1.807, 2.05) is 0 Å². The molecule has 7 heteroatoms. The van der Waals surface area contributed by atoms with Gasteiger partial charge in [0.05, 0.1) is 15.1 Å². The maximum atomic E-state index is 12.3. The molecule has 2 rings (SSSR count). The van der Waals surface area contributed by atoms with Crippen molar-refractivity contribution in [3.05, 3.63) is 32.8 Å². The van der Waals surface area contributed by atoms with Crippen molar-refractivity contribution in [1.29, 1.82) is 0 Å². The molecule has 19 heavy (non-hydrogen) atoms. The zero-order valence-electron chi connectivity index (χ0n) is 10.3. The number of nitrogens with zero attached hydrogens (tertiary/aromatic N) is 1. The average molecular weight is 344 g/mol. The smallest absolute Gasteiger partial charge is 0.253 e. The van der Waals surface area contributed by atoms with Gasteiger partial charge in [0.2, 0.25) is 0 Å². The fraction of sp³-hybridized carbons (Fsp3) is 0.417. The second-order valence-corrected chi connectivity index (χ2v) is 5.51. The molecule has 1 aromatic carbocycles. The summed E-state index contributed by atoms with van der Waals surface area (Å²) < 4.78 is 0. The Bertz CT molecular complexity index is 452. The van der Waals surface area contributed by atoms with Crippen LogP contribution in [-0.4, -0.2) is 37.0 Å². The average Bonchev–Trinajstić information content (AvgIpc) is 2.87. The van der Waals surface area contributed by atoms with Crippen molar-refractivity contribution in [1.82, 2.24) is 10.2 Å². The summed E-state index contributed by atoms with van der Waals surface area (Å²) in [4.78, 5) is 14.0. The van der Waals surface area contributed by atoms with Crippen molar-refractivity contribution in [2.75, 3.05) is 20.1 Å². The fourth-order valence-corrected chi connectivity index (χ4v) is 2.61. The highest BCUT2D eigenvalue weighted by molar-refractivity contribution is 6.48. The van der Waals surface area contributed by atoms with Crippen molar-refractivity contribution in [3.63, 3.8) is 0 Å². The second-order valence-electron chi connectivity index (χ2n) is 4.32. The Morgan fingerprint density at radius 3 is 2.37 bits per heavy atom. The summed E-state index contributed by atoms with van der Waals surface area (Å²) in [6, 6.07) is 3.32. The first-order valence-corrected chi connectivity index (χ1v) is 6.76. The van der Waals surface area contributed by atoms with E-state index in [9.17, 15) is 4.79 Å². The molecule has 0 aromatic heterocycles. The third-order valence-electron chi connectivity index (χ3n) is 3.13. The van der Waals surface area contributed by atoms with Crippen LogP contribution < -0.4 is 5.32 Å². The molecule has 106 valence electrons. The maximum Gasteiger partial charge on any atom is 0.253 e. The van der Waals surface area contributed by atoms with Crippen molar-refractivity contribution in [2.45, 2.75) is 12.5 Å². The lowest BCUT2D eigenvalue weighted by Crippen LogP contribution is -2.38. The molecular weight excluding hydrogens is 330 g/mol. The van der Waals surface area contributed by atoms with E-state index < -0.39 is 0 Å². The monoisotopic (exact) mass is 342 g/mol. The molecule has 0 saturated carbocycles. The van der Waals surface area contributed by atoms with Crippen LogP contribution in [0.25, 0.3) is 0 Å². The van der Waals surface area contributed by atoms with Crippen molar-refractivity contribution >= 4 is 53.1 Å². The lowest BCUT2D eigenvalue weighted by molar-refractivity contribution is 0.0744. The van der Waals surface area contributed by atoms with Crippen LogP contribution >= 0.6 is 47.2 Å². The molecule has 1 aliphatic rings. The molecule has 1 N–H and O–H groups in total. The molecule has 0 spiro atoms. The fourth-order valence-electron chi connectivity index (χ4n) is 2.02. The number of benzene rings is 1. The summed E-state index contributed by atoms with van der Waals surface area (Å²) in [6.07, 6.45) is 0.956. The van der Waals surface area contributed by atoms with E-state index >= 15 is 0 Å². The minimum atomic E-state index is -0.0934. The SMILES string of the molecule is CN(C(=O)c1cc(Cl)c(Cl)c(Cl)c1)[C@H]1CCNC1.Cl. The number of nitrogens with one attached hydrogen (secondary N) is 1. The van der Waals surface area contributed by atoms with Gasteiger partial charge in [-0.2, -0.15) is 0 Å². The van der Waals surface area contributed by atoms with Crippen molar-refractivity contribution < 1.29 is 4.79 Å². The highest BCUT2D eigenvalue weighted by Crippen LogP contribution is 2.31. The van der Waals surface area contributed by atoms with Gasteiger partial charge in [-0.3, -0.25) is 4.79 Å². The molecule has 3 nitrogen and oxygen atoms in total. The molecule has 1 heterocycles. The number of hydrogen-bond acceptors (Lipinski definition) is 2. The Balaban J connectivity index is 0.00000180. The first-order valence-electron chi connectivity index (χ1n) is 5.63. The molecule has 0 aliphatic carbocycles. The predicted octanol–water partition coefficient (Wildman–Crippen LogP) is 3.50. The number of carbonyl (C=O) groups is 1. The van der Waals surface area contributed by atoms with Gasteiger partial charge in [0, 0.05) is 25.2 Å². The molecule has 1 fully saturated rings. The number of carbonyl (C=O) groups excluding carboxylic acids is 1. The largest absolute Gasteiger partial charge is 0.337 e. The van der Waals surface area contributed by atoms with Gasteiger partial charge in [-0.25, -0.2) is 0 Å². The van der Waals surface area contributed by atoms with Crippen LogP contribution in [-0.2, 0) is 0 Å². The Morgan fingerprint density at radius 2 is 1.89 bits per heavy atom. The predicted molar refractivity (Wildman–Crippen MR) is 82.1 cm³/mol. The quantitative estimate of drug-likeness (QED) is 0.833. The highest BCUT2D eigenvalue weighted by atomic mass is 35.5. The molecule has 1 atom stereocenters. The third-order valence-corrected chi connectivity index (χ3v) is 4.33. The minimum Gasteiger partial charge on any atom is -0.337 e. The summed E-state index contributed by atoms with van der Waals surface area (Å²) in [6.45, 7) is 1.75. The minimum absolute atomic E-state index is 0. The van der Waals surface area contributed by atoms with Crippen LogP contribution in [0, 0.1) is 0 Å². The molecule has 1 aliphatic heterocycles. The van der Waals surface area contributed by atoms with Gasteiger partial charge in [0.25, 0.3) is 5.91 Å². The topological polar surface area (TPSA) is 32.3 Å². The van der Waals surface area contributed by atoms with E-state index in [1.165, 1.54) is 0 Å². The Labute approximate surface area is 133 Å². The zero-order chi connectivity index (χ0) is 13.3. The van der Waals surface area contributed by atoms with Gasteiger partial charge in [-0.15, -0.1) is 12.4 Å². The summed E-state index contributed by atoms with van der Waals surface area (Å²) in [5, 5.41) is 4.10. The first kappa shape index (κ1) is 16.9. The number of rotatable bonds is 2. The van der Waals surface area contributed by atoms with Crippen LogP contribution in [0.4, 0.5) is 0 Å². The van der Waals surface area contributed by atoms with Gasteiger partial charge >= 0.3 is 0 Å². The Kier molecular flexibility index (Phi) is 6.21. The lowest BCUT2D eigenvalue weighted by Gasteiger charge is -2.24. The standard InChI is InChI=1S/C12H13Cl3N2O.ClH/c1-17(8-2-3-16-6-8)12(18)7-4-9(13)11(15)10(14)5-7;/h4-5,8,16H,2-3,6H2,1H3;1H/t8-;/m0./s1. The van der Waals surface area contributed by atoms with E-state index in [4.69, 9.17) is 34.8 Å². The van der Waals surface area contributed by atoms with Crippen LogP contribution in [0.2, 0.25) is 15.1 Å². The Hall–Kier alpha value is -0.190. The second kappa shape index (κ2) is 7.00. The summed E-state index contributed by atoms with van der Waals surface area (Å²) in [7, 11) is 1.79. The van der Waals surface area contributed by atoms with E-state index in [1.54, 1.807) is 24.1 Å². The number of halogens is 4. The molecule has 0 bridgehead atoms. The van der Waals surface area contributed by atoms with Crippen LogP contribution in [0.15, 0.2) is 12.1 Å². The molecule has 1 aromatic rings. The van der Waals surface area contributed by atoms with E-state index in [-0.39, 0.29) is 29.4 Å². The van der Waals surface area contributed by atoms with Gasteiger partial charge in [0.15, 0.2) is 0 Å². The van der Waals surface area contributed by atoms with E-state index in [0.29, 0.717) is 15.6 Å². The van der Waals surface area contributed by atoms with Gasteiger partial charge in [0.1, 0.15) is 0 Å². The number of hydrogen-bond donors (Lipinski definition) is 1. The van der Waals surface area contributed by atoms with Crippen molar-refractivity contribution in [2.24, 2.45) is 0 Å². The normalized spacial score (nSPS) is 18.0. The van der Waals surface area contributed by atoms with E-state index in [0.717, 1.165) is 19.5 Å². The number of amides is 1. The number of likely N-dealkylation sites (N-methyl/N-ethyl adjacent to an activating group) is 1. The molecule has 0 radical (unpaired) electrons. The lowest BCUT2D eigenvalue weighted by atomic mass is 10.1. The van der Waals surface area contributed by atoms with Crippen LogP contribution in [0.1, 0.15) is 16.8 Å². The van der Waals surface area contributed by atoms with Gasteiger partial charge < -0.3 is 10.2 Å². The third kappa shape index (κ3) is 3.67. The summed E-state index contributed by atoms with van der Waals surface area (Å²) in [5.74, 6) is -0.0934.